The molecule has 0 radical (unpaired) electrons. The number of nitrogens with zero attached hydrogens (tertiary/aromatic N) is 2. The third kappa shape index (κ3) is 3.72. The summed E-state index contributed by atoms with van der Waals surface area (Å²) in [5.41, 5.74) is 2.56. The number of thiazole rings is 1. The molecule has 29 heavy (non-hydrogen) atoms. The van der Waals surface area contributed by atoms with Crippen LogP contribution in [0.25, 0.3) is 6.08 Å². The highest BCUT2D eigenvalue weighted by Crippen LogP contribution is 2.30. The zero-order chi connectivity index (χ0) is 20.5. The van der Waals surface area contributed by atoms with Gasteiger partial charge in [0.25, 0.3) is 5.56 Å². The van der Waals surface area contributed by atoms with Crippen LogP contribution in [0.4, 0.5) is 0 Å². The molecule has 0 N–H and O–H groups in total. The van der Waals surface area contributed by atoms with E-state index in [0.29, 0.717) is 20.6 Å². The van der Waals surface area contributed by atoms with E-state index >= 15 is 0 Å². The number of hydrogen-bond acceptors (Lipinski definition) is 5. The second-order valence-corrected chi connectivity index (χ2v) is 8.79. The van der Waals surface area contributed by atoms with Gasteiger partial charge in [-0.1, -0.05) is 53.8 Å². The molecule has 7 heteroatoms. The lowest BCUT2D eigenvalue weighted by Gasteiger charge is -2.24. The van der Waals surface area contributed by atoms with Crippen molar-refractivity contribution in [2.75, 3.05) is 7.11 Å². The van der Waals surface area contributed by atoms with Crippen LogP contribution in [0.1, 0.15) is 24.1 Å². The SMILES string of the molecule is COC(=O)C1=C(C)N=c2s/c(=C\c3cccc(I)c3)c(=O)n2C1c1ccccc1. The number of carbonyl (C=O) groups is 1. The van der Waals surface area contributed by atoms with Gasteiger partial charge in [-0.3, -0.25) is 9.36 Å². The number of fused-ring (bicyclic) bond motifs is 1. The van der Waals surface area contributed by atoms with E-state index in [2.05, 4.69) is 27.6 Å². The molecule has 146 valence electrons. The average molecular weight is 516 g/mol. The predicted molar refractivity (Wildman–Crippen MR) is 121 cm³/mol. The molecule has 1 aliphatic rings. The molecule has 0 saturated carbocycles. The first-order chi connectivity index (χ1) is 14.0. The maximum Gasteiger partial charge on any atom is 0.338 e. The Morgan fingerprint density at radius 1 is 1.21 bits per heavy atom. The largest absolute Gasteiger partial charge is 0.466 e. The van der Waals surface area contributed by atoms with Crippen molar-refractivity contribution in [2.24, 2.45) is 4.99 Å². The highest BCUT2D eigenvalue weighted by atomic mass is 127. The van der Waals surface area contributed by atoms with Gasteiger partial charge in [-0.15, -0.1) is 0 Å². The molecule has 5 nitrogen and oxygen atoms in total. The van der Waals surface area contributed by atoms with E-state index in [9.17, 15) is 9.59 Å². The molecule has 2 heterocycles. The van der Waals surface area contributed by atoms with Gasteiger partial charge in [0.05, 0.1) is 29.0 Å². The van der Waals surface area contributed by atoms with E-state index in [0.717, 1.165) is 14.7 Å². The summed E-state index contributed by atoms with van der Waals surface area (Å²) >= 11 is 3.57. The zero-order valence-corrected chi connectivity index (χ0v) is 18.7. The number of halogens is 1. The normalized spacial score (nSPS) is 16.4. The van der Waals surface area contributed by atoms with Gasteiger partial charge in [-0.05, 0) is 58.9 Å². The molecule has 0 aliphatic carbocycles. The van der Waals surface area contributed by atoms with Crippen LogP contribution in [-0.4, -0.2) is 17.6 Å². The van der Waals surface area contributed by atoms with Crippen molar-refractivity contribution in [1.82, 2.24) is 4.57 Å². The van der Waals surface area contributed by atoms with Gasteiger partial charge in [0.1, 0.15) is 0 Å². The molecular weight excluding hydrogens is 499 g/mol. The Balaban J connectivity index is 1.98. The summed E-state index contributed by atoms with van der Waals surface area (Å²) in [6.45, 7) is 1.78. The van der Waals surface area contributed by atoms with Gasteiger partial charge in [-0.25, -0.2) is 9.79 Å². The van der Waals surface area contributed by atoms with E-state index in [1.165, 1.54) is 18.4 Å². The lowest BCUT2D eigenvalue weighted by molar-refractivity contribution is -0.136. The second-order valence-electron chi connectivity index (χ2n) is 6.54. The standard InChI is InChI=1S/C22H17IN2O3S/c1-13-18(21(27)28-2)19(15-8-4-3-5-9-15)25-20(26)17(29-22(25)24-13)12-14-7-6-10-16(23)11-14/h3-12,19H,1-2H3/b17-12-. The van der Waals surface area contributed by atoms with Crippen molar-refractivity contribution in [3.05, 3.63) is 100 Å². The molecule has 0 amide bonds. The molecular formula is C22H17IN2O3S. The van der Waals surface area contributed by atoms with Gasteiger partial charge in [-0.2, -0.15) is 0 Å². The first-order valence-corrected chi connectivity index (χ1v) is 10.8. The van der Waals surface area contributed by atoms with Crippen molar-refractivity contribution in [3.8, 4) is 0 Å². The maximum atomic E-state index is 13.4. The molecule has 0 fully saturated rings. The maximum absolute atomic E-state index is 13.4. The number of aromatic nitrogens is 1. The van der Waals surface area contributed by atoms with Crippen molar-refractivity contribution in [1.29, 1.82) is 0 Å². The molecule has 2 aromatic carbocycles. The van der Waals surface area contributed by atoms with Crippen LogP contribution in [0.15, 0.2) is 75.7 Å². The van der Waals surface area contributed by atoms with Crippen molar-refractivity contribution >= 4 is 46.0 Å². The van der Waals surface area contributed by atoms with Crippen LogP contribution in [0, 0.1) is 3.57 Å². The summed E-state index contributed by atoms with van der Waals surface area (Å²) in [6.07, 6.45) is 1.87. The quantitative estimate of drug-likeness (QED) is 0.398. The lowest BCUT2D eigenvalue weighted by atomic mass is 9.96. The third-order valence-corrected chi connectivity index (χ3v) is 6.34. The Labute approximate surface area is 184 Å². The Hall–Kier alpha value is -2.52. The molecule has 3 aromatic rings. The number of allylic oxidation sites excluding steroid dienone is 1. The molecule has 1 unspecified atom stereocenters. The highest BCUT2D eigenvalue weighted by Gasteiger charge is 2.32. The number of esters is 1. The summed E-state index contributed by atoms with van der Waals surface area (Å²) < 4.78 is 8.27. The highest BCUT2D eigenvalue weighted by molar-refractivity contribution is 14.1. The minimum absolute atomic E-state index is 0.171. The van der Waals surface area contributed by atoms with E-state index in [-0.39, 0.29) is 5.56 Å². The Bertz CT molecular complexity index is 1310. The monoisotopic (exact) mass is 516 g/mol. The molecule has 1 aromatic heterocycles. The molecule has 1 aliphatic heterocycles. The number of rotatable bonds is 3. The van der Waals surface area contributed by atoms with Crippen molar-refractivity contribution in [3.63, 3.8) is 0 Å². The van der Waals surface area contributed by atoms with Crippen LogP contribution in [0.5, 0.6) is 0 Å². The van der Waals surface area contributed by atoms with E-state index in [1.54, 1.807) is 11.5 Å². The van der Waals surface area contributed by atoms with Gasteiger partial charge < -0.3 is 4.74 Å². The number of methoxy groups -OCH3 is 1. The number of hydrogen-bond donors (Lipinski definition) is 0. The minimum atomic E-state index is -0.571. The number of ether oxygens (including phenoxy) is 1. The van der Waals surface area contributed by atoms with Gasteiger partial charge in [0, 0.05) is 3.57 Å². The molecule has 4 rings (SSSR count). The van der Waals surface area contributed by atoms with Crippen LogP contribution in [0.3, 0.4) is 0 Å². The van der Waals surface area contributed by atoms with E-state index < -0.39 is 12.0 Å². The fourth-order valence-corrected chi connectivity index (χ4v) is 5.00. The van der Waals surface area contributed by atoms with Crippen LogP contribution < -0.4 is 14.9 Å². The topological polar surface area (TPSA) is 60.7 Å². The summed E-state index contributed by atoms with van der Waals surface area (Å²) in [6, 6.07) is 16.8. The molecule has 1 atom stereocenters. The minimum Gasteiger partial charge on any atom is -0.466 e. The molecule has 0 bridgehead atoms. The average Bonchev–Trinajstić information content (AvgIpc) is 3.02. The summed E-state index contributed by atoms with van der Waals surface area (Å²) in [4.78, 5) is 31.0. The lowest BCUT2D eigenvalue weighted by Crippen LogP contribution is -2.39. The predicted octanol–water partition coefficient (Wildman–Crippen LogP) is 3.01. The van der Waals surface area contributed by atoms with Crippen LogP contribution in [-0.2, 0) is 9.53 Å². The second kappa shape index (κ2) is 8.08. The first kappa shape index (κ1) is 19.8. The fourth-order valence-electron chi connectivity index (χ4n) is 3.39. The van der Waals surface area contributed by atoms with Gasteiger partial charge in [0.15, 0.2) is 4.80 Å². The van der Waals surface area contributed by atoms with Gasteiger partial charge in [0.2, 0.25) is 0 Å². The van der Waals surface area contributed by atoms with E-state index in [4.69, 9.17) is 4.74 Å². The number of carbonyl (C=O) groups excluding carboxylic acids is 1. The Kier molecular flexibility index (Phi) is 5.51. The summed E-state index contributed by atoms with van der Waals surface area (Å²) in [5, 5.41) is 0. The fraction of sp³-hybridized carbons (Fsp3) is 0.136. The van der Waals surface area contributed by atoms with Crippen molar-refractivity contribution in [2.45, 2.75) is 13.0 Å². The molecule has 0 spiro atoms. The zero-order valence-electron chi connectivity index (χ0n) is 15.8. The molecule has 0 saturated heterocycles. The van der Waals surface area contributed by atoms with Gasteiger partial charge >= 0.3 is 5.97 Å². The third-order valence-electron chi connectivity index (χ3n) is 4.69. The Morgan fingerprint density at radius 2 is 1.97 bits per heavy atom. The first-order valence-electron chi connectivity index (χ1n) is 8.91. The van der Waals surface area contributed by atoms with Crippen molar-refractivity contribution < 1.29 is 9.53 Å². The van der Waals surface area contributed by atoms with Crippen LogP contribution >= 0.6 is 33.9 Å². The van der Waals surface area contributed by atoms with E-state index in [1.807, 2.05) is 60.7 Å². The summed E-state index contributed by atoms with van der Waals surface area (Å²) in [7, 11) is 1.34. The van der Waals surface area contributed by atoms with Crippen LogP contribution in [0.2, 0.25) is 0 Å². The summed E-state index contributed by atoms with van der Waals surface area (Å²) in [5.74, 6) is -0.480. The number of benzene rings is 2. The smallest absolute Gasteiger partial charge is 0.338 e. The Morgan fingerprint density at radius 3 is 2.66 bits per heavy atom.